The molecule has 0 fully saturated rings. The van der Waals surface area contributed by atoms with Crippen LogP contribution < -0.4 is 0 Å². The Labute approximate surface area is 114 Å². The van der Waals surface area contributed by atoms with E-state index in [-0.39, 0.29) is 5.75 Å². The molecule has 0 unspecified atom stereocenters. The van der Waals surface area contributed by atoms with Crippen molar-refractivity contribution in [3.05, 3.63) is 27.1 Å². The molecule has 2 heterocycles. The minimum Gasteiger partial charge on any atom is -0.481 e. The maximum absolute atomic E-state index is 10.5. The fourth-order valence-electron chi connectivity index (χ4n) is 1.20. The van der Waals surface area contributed by atoms with Gasteiger partial charge in [0.25, 0.3) is 0 Å². The van der Waals surface area contributed by atoms with E-state index in [0.29, 0.717) is 11.7 Å². The lowest BCUT2D eigenvalue weighted by atomic mass is 10.5. The van der Waals surface area contributed by atoms with Gasteiger partial charge >= 0.3 is 5.97 Å². The second kappa shape index (κ2) is 5.65. The van der Waals surface area contributed by atoms with Crippen LogP contribution >= 0.6 is 39.0 Å². The lowest BCUT2D eigenvalue weighted by Gasteiger charge is -2.02. The molecule has 0 bridgehead atoms. The van der Waals surface area contributed by atoms with Crippen molar-refractivity contribution in [1.29, 1.82) is 0 Å². The molecule has 2 rings (SSSR count). The van der Waals surface area contributed by atoms with Crippen molar-refractivity contribution in [3.8, 4) is 0 Å². The zero-order chi connectivity index (χ0) is 12.3. The van der Waals surface area contributed by atoms with Gasteiger partial charge in [-0.25, -0.2) is 0 Å². The van der Waals surface area contributed by atoms with E-state index in [9.17, 15) is 4.79 Å². The summed E-state index contributed by atoms with van der Waals surface area (Å²) >= 11 is 6.20. The summed E-state index contributed by atoms with van der Waals surface area (Å²) in [7, 11) is 0. The van der Waals surface area contributed by atoms with Gasteiger partial charge < -0.3 is 9.67 Å². The summed E-state index contributed by atoms with van der Waals surface area (Å²) in [6, 6.07) is 3.99. The highest BCUT2D eigenvalue weighted by molar-refractivity contribution is 9.11. The molecule has 8 heteroatoms. The van der Waals surface area contributed by atoms with E-state index in [4.69, 9.17) is 5.11 Å². The minimum atomic E-state index is -0.858. The molecular formula is C9H8BrN3O2S2. The molecule has 2 aromatic rings. The van der Waals surface area contributed by atoms with E-state index in [1.807, 2.05) is 16.7 Å². The fourth-order valence-corrected chi connectivity index (χ4v) is 3.31. The van der Waals surface area contributed by atoms with Crippen LogP contribution in [0.25, 0.3) is 0 Å². The predicted octanol–water partition coefficient (Wildman–Crippen LogP) is 2.33. The molecule has 0 spiro atoms. The number of aliphatic carboxylic acids is 1. The summed E-state index contributed by atoms with van der Waals surface area (Å²) in [6.07, 6.45) is 1.61. The number of carboxylic acids is 1. The molecule has 90 valence electrons. The molecule has 0 saturated carbocycles. The topological polar surface area (TPSA) is 68.0 Å². The van der Waals surface area contributed by atoms with E-state index >= 15 is 0 Å². The van der Waals surface area contributed by atoms with Crippen LogP contribution in [0.3, 0.4) is 0 Å². The Balaban J connectivity index is 2.06. The van der Waals surface area contributed by atoms with Crippen LogP contribution in [0.2, 0.25) is 0 Å². The predicted molar refractivity (Wildman–Crippen MR) is 69.5 cm³/mol. The molecular weight excluding hydrogens is 326 g/mol. The van der Waals surface area contributed by atoms with Crippen molar-refractivity contribution in [1.82, 2.24) is 14.8 Å². The van der Waals surface area contributed by atoms with E-state index in [0.717, 1.165) is 8.66 Å². The Morgan fingerprint density at radius 1 is 1.59 bits per heavy atom. The zero-order valence-electron chi connectivity index (χ0n) is 8.54. The van der Waals surface area contributed by atoms with Gasteiger partial charge in [-0.3, -0.25) is 4.79 Å². The lowest BCUT2D eigenvalue weighted by Crippen LogP contribution is -2.02. The maximum Gasteiger partial charge on any atom is 0.313 e. The number of thioether (sulfide) groups is 1. The van der Waals surface area contributed by atoms with E-state index in [1.54, 1.807) is 17.7 Å². The van der Waals surface area contributed by atoms with Crippen molar-refractivity contribution in [3.63, 3.8) is 0 Å². The third-order valence-electron chi connectivity index (χ3n) is 1.86. The minimum absolute atomic E-state index is 0.00711. The van der Waals surface area contributed by atoms with Gasteiger partial charge in [-0.2, -0.15) is 0 Å². The van der Waals surface area contributed by atoms with Crippen molar-refractivity contribution in [2.24, 2.45) is 0 Å². The van der Waals surface area contributed by atoms with Gasteiger partial charge in [-0.1, -0.05) is 11.8 Å². The first-order valence-electron chi connectivity index (χ1n) is 4.62. The van der Waals surface area contributed by atoms with Gasteiger partial charge in [0.05, 0.1) is 16.1 Å². The Hall–Kier alpha value is -0.860. The third kappa shape index (κ3) is 3.55. The summed E-state index contributed by atoms with van der Waals surface area (Å²) in [5, 5.41) is 16.9. The molecule has 0 aliphatic heterocycles. The standard InChI is InChI=1S/C9H8BrN3O2S2/c10-7-2-1-6(17-7)3-13-5-11-12-9(13)16-4-8(14)15/h1-2,5H,3-4H2,(H,14,15). The molecule has 2 aromatic heterocycles. The Bertz CT molecular complexity index is 526. The number of carbonyl (C=O) groups is 1. The molecule has 0 aromatic carbocycles. The monoisotopic (exact) mass is 333 g/mol. The average Bonchev–Trinajstić information content (AvgIpc) is 2.86. The quantitative estimate of drug-likeness (QED) is 0.850. The molecule has 0 aliphatic carbocycles. The molecule has 0 radical (unpaired) electrons. The highest BCUT2D eigenvalue weighted by Crippen LogP contribution is 2.24. The first kappa shape index (κ1) is 12.6. The van der Waals surface area contributed by atoms with E-state index < -0.39 is 5.97 Å². The first-order chi connectivity index (χ1) is 8.15. The Kier molecular flexibility index (Phi) is 4.19. The third-order valence-corrected chi connectivity index (χ3v) is 4.43. The van der Waals surface area contributed by atoms with Crippen LogP contribution in [0.1, 0.15) is 4.88 Å². The summed E-state index contributed by atoms with van der Waals surface area (Å²) in [5.41, 5.74) is 0. The lowest BCUT2D eigenvalue weighted by molar-refractivity contribution is -0.133. The number of halogens is 1. The van der Waals surface area contributed by atoms with Gasteiger partial charge in [0.2, 0.25) is 0 Å². The van der Waals surface area contributed by atoms with Crippen molar-refractivity contribution in [2.75, 3.05) is 5.75 Å². The SMILES string of the molecule is O=C(O)CSc1nncn1Cc1ccc(Br)s1. The Morgan fingerprint density at radius 3 is 3.06 bits per heavy atom. The van der Waals surface area contributed by atoms with Crippen LogP contribution in [0, 0.1) is 0 Å². The average molecular weight is 334 g/mol. The van der Waals surface area contributed by atoms with Crippen LogP contribution in [-0.4, -0.2) is 31.6 Å². The summed E-state index contributed by atoms with van der Waals surface area (Å²) < 4.78 is 2.91. The molecule has 1 N–H and O–H groups in total. The summed E-state index contributed by atoms with van der Waals surface area (Å²) in [4.78, 5) is 11.6. The number of thiophene rings is 1. The number of nitrogens with zero attached hydrogens (tertiary/aromatic N) is 3. The highest BCUT2D eigenvalue weighted by atomic mass is 79.9. The maximum atomic E-state index is 10.5. The largest absolute Gasteiger partial charge is 0.481 e. The van der Waals surface area contributed by atoms with Crippen molar-refractivity contribution >= 4 is 45.0 Å². The van der Waals surface area contributed by atoms with Gasteiger partial charge in [-0.15, -0.1) is 21.5 Å². The first-order valence-corrected chi connectivity index (χ1v) is 7.21. The van der Waals surface area contributed by atoms with Crippen molar-refractivity contribution in [2.45, 2.75) is 11.7 Å². The number of hydrogen-bond acceptors (Lipinski definition) is 5. The van der Waals surface area contributed by atoms with Crippen LogP contribution in [0.5, 0.6) is 0 Å². The van der Waals surface area contributed by atoms with Crippen LogP contribution in [0.15, 0.2) is 27.4 Å². The molecule has 0 amide bonds. The van der Waals surface area contributed by atoms with E-state index in [2.05, 4.69) is 26.1 Å². The van der Waals surface area contributed by atoms with E-state index in [1.165, 1.54) is 11.8 Å². The van der Waals surface area contributed by atoms with Crippen molar-refractivity contribution < 1.29 is 9.90 Å². The molecule has 0 aliphatic rings. The Morgan fingerprint density at radius 2 is 2.41 bits per heavy atom. The zero-order valence-corrected chi connectivity index (χ0v) is 11.8. The smallest absolute Gasteiger partial charge is 0.313 e. The summed E-state index contributed by atoms with van der Waals surface area (Å²) in [6.45, 7) is 0.658. The summed E-state index contributed by atoms with van der Waals surface area (Å²) in [5.74, 6) is -0.865. The number of rotatable bonds is 5. The van der Waals surface area contributed by atoms with Gasteiger partial charge in [0, 0.05) is 4.88 Å². The second-order valence-electron chi connectivity index (χ2n) is 3.13. The van der Waals surface area contributed by atoms with Gasteiger partial charge in [0.1, 0.15) is 6.33 Å². The van der Waals surface area contributed by atoms with Crippen LogP contribution in [0.4, 0.5) is 0 Å². The molecule has 17 heavy (non-hydrogen) atoms. The molecule has 0 saturated heterocycles. The van der Waals surface area contributed by atoms with Crippen LogP contribution in [-0.2, 0) is 11.3 Å². The molecule has 0 atom stereocenters. The van der Waals surface area contributed by atoms with Gasteiger partial charge in [0.15, 0.2) is 5.16 Å². The van der Waals surface area contributed by atoms with Gasteiger partial charge in [-0.05, 0) is 28.1 Å². The normalized spacial score (nSPS) is 10.6. The number of aromatic nitrogens is 3. The second-order valence-corrected chi connectivity index (χ2v) is 6.62. The molecule has 5 nitrogen and oxygen atoms in total. The highest BCUT2D eigenvalue weighted by Gasteiger charge is 2.08. The number of carboxylic acid groups (broad SMARTS) is 1. The number of hydrogen-bond donors (Lipinski definition) is 1. The fraction of sp³-hybridized carbons (Fsp3) is 0.222.